The molecule has 58 valence electrons. The Labute approximate surface area is 69.5 Å². The molecule has 1 aromatic heterocycles. The number of rotatable bonds is 2. The molecule has 0 saturated heterocycles. The molecule has 0 saturated carbocycles. The van der Waals surface area contributed by atoms with Gasteiger partial charge in [-0.2, -0.15) is 12.6 Å². The quantitative estimate of drug-likeness (QED) is 0.628. The van der Waals surface area contributed by atoms with Gasteiger partial charge in [-0.1, -0.05) is 0 Å². The summed E-state index contributed by atoms with van der Waals surface area (Å²) in [6.45, 7) is 0. The average Bonchev–Trinajstić information content (AvgIpc) is 2.06. The molecule has 0 aliphatic rings. The zero-order valence-electron chi connectivity index (χ0n) is 5.69. The van der Waals surface area contributed by atoms with Crippen LogP contribution in [0.1, 0.15) is 0 Å². The van der Waals surface area contributed by atoms with E-state index in [-0.39, 0.29) is 11.7 Å². The van der Waals surface area contributed by atoms with Crippen LogP contribution in [0.2, 0.25) is 0 Å². The Morgan fingerprint density at radius 3 is 2.73 bits per heavy atom. The van der Waals surface area contributed by atoms with Crippen LogP contribution in [0.5, 0.6) is 0 Å². The van der Waals surface area contributed by atoms with Crippen molar-refractivity contribution in [2.24, 2.45) is 0 Å². The number of aromatic nitrogens is 2. The molecule has 1 heterocycles. The molecular weight excluding hydrogens is 162 g/mol. The van der Waals surface area contributed by atoms with E-state index in [0.29, 0.717) is 5.95 Å². The summed E-state index contributed by atoms with van der Waals surface area (Å²) in [7, 11) is 0. The summed E-state index contributed by atoms with van der Waals surface area (Å²) in [6.07, 6.45) is 3.11. The van der Waals surface area contributed by atoms with Gasteiger partial charge in [0.05, 0.1) is 5.75 Å². The first-order valence-electron chi connectivity index (χ1n) is 3.00. The van der Waals surface area contributed by atoms with Crippen molar-refractivity contribution in [1.82, 2.24) is 9.97 Å². The molecule has 5 heteroatoms. The van der Waals surface area contributed by atoms with Crippen molar-refractivity contribution < 1.29 is 4.79 Å². The van der Waals surface area contributed by atoms with Gasteiger partial charge in [-0.15, -0.1) is 0 Å². The van der Waals surface area contributed by atoms with Crippen molar-refractivity contribution in [3.63, 3.8) is 0 Å². The Bertz CT molecular complexity index is 239. The molecule has 1 rings (SSSR count). The summed E-state index contributed by atoms with van der Waals surface area (Å²) in [6, 6.07) is 1.68. The van der Waals surface area contributed by atoms with E-state index >= 15 is 0 Å². The molecule has 0 bridgehead atoms. The number of nitrogens with one attached hydrogen (secondary N) is 1. The van der Waals surface area contributed by atoms with Crippen LogP contribution in [0, 0.1) is 0 Å². The largest absolute Gasteiger partial charge is 0.294 e. The van der Waals surface area contributed by atoms with Gasteiger partial charge >= 0.3 is 0 Å². The zero-order chi connectivity index (χ0) is 8.10. The first kappa shape index (κ1) is 8.00. The third kappa shape index (κ3) is 2.55. The maximum Gasteiger partial charge on any atom is 0.236 e. The fraction of sp³-hybridized carbons (Fsp3) is 0.167. The molecule has 1 N–H and O–H groups in total. The predicted molar refractivity (Wildman–Crippen MR) is 44.5 cm³/mol. The maximum atomic E-state index is 10.7. The Hall–Kier alpha value is -1.10. The molecular formula is C6H7N3OS. The third-order valence-corrected chi connectivity index (χ3v) is 1.25. The van der Waals surface area contributed by atoms with E-state index in [1.54, 1.807) is 18.5 Å². The molecule has 0 spiro atoms. The molecule has 0 aliphatic heterocycles. The third-order valence-electron chi connectivity index (χ3n) is 0.961. The van der Waals surface area contributed by atoms with Gasteiger partial charge < -0.3 is 0 Å². The van der Waals surface area contributed by atoms with Gasteiger partial charge in [0.2, 0.25) is 11.9 Å². The van der Waals surface area contributed by atoms with E-state index in [1.165, 1.54) is 0 Å². The molecule has 4 nitrogen and oxygen atoms in total. The fourth-order valence-corrected chi connectivity index (χ4v) is 0.607. The van der Waals surface area contributed by atoms with Crippen LogP contribution in [0.3, 0.4) is 0 Å². The van der Waals surface area contributed by atoms with Crippen LogP contribution < -0.4 is 5.32 Å². The van der Waals surface area contributed by atoms with E-state index in [4.69, 9.17) is 0 Å². The highest BCUT2D eigenvalue weighted by Crippen LogP contribution is 1.93. The highest BCUT2D eigenvalue weighted by Gasteiger charge is 1.98. The standard InChI is InChI=1S/C6H7N3OS/c10-5(4-11)9-6-7-2-1-3-8-6/h1-3,11H,4H2,(H,7,8,9,10). The van der Waals surface area contributed by atoms with Crippen molar-refractivity contribution >= 4 is 24.5 Å². The van der Waals surface area contributed by atoms with E-state index in [2.05, 4.69) is 27.9 Å². The first-order chi connectivity index (χ1) is 5.33. The second kappa shape index (κ2) is 3.92. The van der Waals surface area contributed by atoms with Crippen LogP contribution in [0.25, 0.3) is 0 Å². The monoisotopic (exact) mass is 169 g/mol. The summed E-state index contributed by atoms with van der Waals surface area (Å²) in [5.41, 5.74) is 0. The molecule has 0 fully saturated rings. The van der Waals surface area contributed by atoms with Gasteiger partial charge in [0.25, 0.3) is 0 Å². The van der Waals surface area contributed by atoms with Crippen molar-refractivity contribution in [1.29, 1.82) is 0 Å². The van der Waals surface area contributed by atoms with Gasteiger partial charge in [0.15, 0.2) is 0 Å². The van der Waals surface area contributed by atoms with Gasteiger partial charge in [-0.05, 0) is 6.07 Å². The average molecular weight is 169 g/mol. The van der Waals surface area contributed by atoms with E-state index in [0.717, 1.165) is 0 Å². The minimum absolute atomic E-state index is 0.137. The normalized spacial score (nSPS) is 9.18. The lowest BCUT2D eigenvalue weighted by Crippen LogP contribution is -2.14. The second-order valence-corrected chi connectivity index (χ2v) is 2.09. The number of hydrogen-bond donors (Lipinski definition) is 2. The number of hydrogen-bond acceptors (Lipinski definition) is 4. The predicted octanol–water partition coefficient (Wildman–Crippen LogP) is 0.345. The molecule has 0 aromatic carbocycles. The molecule has 1 amide bonds. The number of amides is 1. The van der Waals surface area contributed by atoms with Crippen molar-refractivity contribution in [3.05, 3.63) is 18.5 Å². The Morgan fingerprint density at radius 2 is 2.18 bits per heavy atom. The Kier molecular flexibility index (Phi) is 2.85. The highest BCUT2D eigenvalue weighted by molar-refractivity contribution is 7.81. The lowest BCUT2D eigenvalue weighted by molar-refractivity contribution is -0.113. The van der Waals surface area contributed by atoms with Crippen LogP contribution in [0.4, 0.5) is 5.95 Å². The highest BCUT2D eigenvalue weighted by atomic mass is 32.1. The Morgan fingerprint density at radius 1 is 1.55 bits per heavy atom. The van der Waals surface area contributed by atoms with Crippen LogP contribution in [-0.2, 0) is 4.79 Å². The second-order valence-electron chi connectivity index (χ2n) is 1.78. The summed E-state index contributed by atoms with van der Waals surface area (Å²) in [4.78, 5) is 18.3. The van der Waals surface area contributed by atoms with E-state index in [1.807, 2.05) is 0 Å². The number of carbonyl (C=O) groups is 1. The van der Waals surface area contributed by atoms with Crippen molar-refractivity contribution in [2.75, 3.05) is 11.1 Å². The lowest BCUT2D eigenvalue weighted by atomic mass is 10.6. The van der Waals surface area contributed by atoms with Gasteiger partial charge in [0, 0.05) is 12.4 Å². The van der Waals surface area contributed by atoms with Crippen LogP contribution >= 0.6 is 12.6 Å². The van der Waals surface area contributed by atoms with Crippen LogP contribution in [0.15, 0.2) is 18.5 Å². The fourth-order valence-electron chi connectivity index (χ4n) is 0.528. The van der Waals surface area contributed by atoms with Crippen molar-refractivity contribution in [2.45, 2.75) is 0 Å². The first-order valence-corrected chi connectivity index (χ1v) is 3.64. The molecule has 0 aliphatic carbocycles. The maximum absolute atomic E-state index is 10.7. The Balaban J connectivity index is 2.58. The summed E-state index contributed by atoms with van der Waals surface area (Å²) in [5.74, 6) is 0.240. The van der Waals surface area contributed by atoms with Gasteiger partial charge in [-0.3, -0.25) is 10.1 Å². The van der Waals surface area contributed by atoms with Gasteiger partial charge in [0.1, 0.15) is 0 Å². The number of anilines is 1. The number of carbonyl (C=O) groups excluding carboxylic acids is 1. The van der Waals surface area contributed by atoms with Crippen LogP contribution in [-0.4, -0.2) is 21.6 Å². The minimum atomic E-state index is -0.209. The topological polar surface area (TPSA) is 54.9 Å². The van der Waals surface area contributed by atoms with Crippen molar-refractivity contribution in [3.8, 4) is 0 Å². The van der Waals surface area contributed by atoms with E-state index in [9.17, 15) is 4.79 Å². The smallest absolute Gasteiger partial charge is 0.236 e. The molecule has 0 atom stereocenters. The van der Waals surface area contributed by atoms with Gasteiger partial charge in [-0.25, -0.2) is 9.97 Å². The summed E-state index contributed by atoms with van der Waals surface area (Å²) >= 11 is 3.78. The summed E-state index contributed by atoms with van der Waals surface area (Å²) < 4.78 is 0. The molecule has 0 unspecified atom stereocenters. The lowest BCUT2D eigenvalue weighted by Gasteiger charge is -1.97. The molecule has 0 radical (unpaired) electrons. The summed E-state index contributed by atoms with van der Waals surface area (Å²) in [5, 5.41) is 2.45. The van der Waals surface area contributed by atoms with E-state index < -0.39 is 0 Å². The minimum Gasteiger partial charge on any atom is -0.294 e. The SMILES string of the molecule is O=C(CS)Nc1ncccn1. The molecule has 1 aromatic rings. The number of nitrogens with zero attached hydrogens (tertiary/aromatic N) is 2. The molecule has 11 heavy (non-hydrogen) atoms. The number of thiol groups is 1. The zero-order valence-corrected chi connectivity index (χ0v) is 6.58.